The smallest absolute Gasteiger partial charge is 0.166 e. The van der Waals surface area contributed by atoms with E-state index in [9.17, 15) is 8.42 Å². The number of sulfone groups is 1. The molecule has 2 rings (SSSR count). The molecule has 0 aliphatic carbocycles. The molecule has 1 aromatic rings. The maximum atomic E-state index is 11.5. The average Bonchev–Trinajstić information content (AvgIpc) is 2.67. The number of hydrogen-bond acceptors (Lipinski definition) is 4. The molecule has 0 N–H and O–H groups in total. The third-order valence-electron chi connectivity index (χ3n) is 2.61. The van der Waals surface area contributed by atoms with Crippen molar-refractivity contribution in [1.29, 1.82) is 0 Å². The van der Waals surface area contributed by atoms with Crippen molar-refractivity contribution in [3.05, 3.63) is 30.3 Å². The van der Waals surface area contributed by atoms with Crippen molar-refractivity contribution in [2.75, 3.05) is 12.8 Å². The summed E-state index contributed by atoms with van der Waals surface area (Å²) in [6.07, 6.45) is 2.75. The van der Waals surface area contributed by atoms with Gasteiger partial charge in [0.2, 0.25) is 0 Å². The molecule has 4 nitrogen and oxygen atoms in total. The quantitative estimate of drug-likeness (QED) is 0.803. The number of hydrogen-bond donors (Lipinski definition) is 0. The fourth-order valence-electron chi connectivity index (χ4n) is 1.86. The first-order chi connectivity index (χ1) is 7.57. The second-order valence-electron chi connectivity index (χ2n) is 3.97. The maximum Gasteiger partial charge on any atom is 0.166 e. The molecule has 1 aliphatic heterocycles. The van der Waals surface area contributed by atoms with Gasteiger partial charge >= 0.3 is 0 Å². The zero-order chi connectivity index (χ0) is 11.6. The summed E-state index contributed by atoms with van der Waals surface area (Å²) < 4.78 is 23.0. The second kappa shape index (κ2) is 4.43. The van der Waals surface area contributed by atoms with Gasteiger partial charge in [-0.1, -0.05) is 18.2 Å². The topological polar surface area (TPSA) is 46.6 Å². The minimum absolute atomic E-state index is 0.507. The Bertz CT molecular complexity index is 444. The van der Waals surface area contributed by atoms with Gasteiger partial charge in [0.1, 0.15) is 11.1 Å². The van der Waals surface area contributed by atoms with Crippen LogP contribution in [-0.4, -0.2) is 31.7 Å². The lowest BCUT2D eigenvalue weighted by atomic mass is 10.3. The zero-order valence-corrected chi connectivity index (χ0v) is 9.98. The van der Waals surface area contributed by atoms with E-state index in [4.69, 9.17) is 4.84 Å². The van der Waals surface area contributed by atoms with Crippen molar-refractivity contribution in [2.24, 2.45) is 0 Å². The van der Waals surface area contributed by atoms with E-state index in [0.717, 1.165) is 6.42 Å². The van der Waals surface area contributed by atoms with E-state index in [2.05, 4.69) is 0 Å². The fourth-order valence-corrected chi connectivity index (χ4v) is 3.03. The van der Waals surface area contributed by atoms with Gasteiger partial charge in [-0.3, -0.25) is 0 Å². The summed E-state index contributed by atoms with van der Waals surface area (Å²) in [4.78, 5) is 5.57. The fraction of sp³-hybridized carbons (Fsp3) is 0.455. The Morgan fingerprint density at radius 3 is 2.62 bits per heavy atom. The Morgan fingerprint density at radius 1 is 1.31 bits per heavy atom. The van der Waals surface area contributed by atoms with E-state index in [-0.39, 0.29) is 0 Å². The molecule has 88 valence electrons. The van der Waals surface area contributed by atoms with Crippen molar-refractivity contribution in [1.82, 2.24) is 5.06 Å². The van der Waals surface area contributed by atoms with Crippen LogP contribution < -0.4 is 4.84 Å². The summed E-state index contributed by atoms with van der Waals surface area (Å²) >= 11 is 0. The van der Waals surface area contributed by atoms with E-state index >= 15 is 0 Å². The summed E-state index contributed by atoms with van der Waals surface area (Å²) in [5.41, 5.74) is 0. The number of rotatable bonds is 3. The van der Waals surface area contributed by atoms with Gasteiger partial charge in [0.05, 0.1) is 0 Å². The number of para-hydroxylation sites is 1. The van der Waals surface area contributed by atoms with E-state index < -0.39 is 15.2 Å². The van der Waals surface area contributed by atoms with Gasteiger partial charge in [0, 0.05) is 12.8 Å². The van der Waals surface area contributed by atoms with Crippen LogP contribution in [0.25, 0.3) is 0 Å². The largest absolute Gasteiger partial charge is 0.405 e. The van der Waals surface area contributed by atoms with Crippen LogP contribution in [0, 0.1) is 0 Å². The summed E-state index contributed by atoms with van der Waals surface area (Å²) in [6.45, 7) is 0.659. The van der Waals surface area contributed by atoms with Crippen molar-refractivity contribution in [2.45, 2.75) is 18.2 Å². The summed E-state index contributed by atoms with van der Waals surface area (Å²) in [5.74, 6) is 0.679. The molecule has 0 spiro atoms. The minimum Gasteiger partial charge on any atom is -0.405 e. The van der Waals surface area contributed by atoms with Gasteiger partial charge in [-0.05, 0) is 25.0 Å². The summed E-state index contributed by atoms with van der Waals surface area (Å²) in [7, 11) is -3.07. The Kier molecular flexibility index (Phi) is 3.16. The molecule has 1 fully saturated rings. The molecule has 1 saturated heterocycles. The zero-order valence-electron chi connectivity index (χ0n) is 9.17. The molecule has 0 radical (unpaired) electrons. The Labute approximate surface area is 95.7 Å². The number of benzene rings is 1. The molecule has 0 bridgehead atoms. The predicted molar refractivity (Wildman–Crippen MR) is 61.6 cm³/mol. The van der Waals surface area contributed by atoms with Crippen LogP contribution in [0.2, 0.25) is 0 Å². The van der Waals surface area contributed by atoms with Crippen molar-refractivity contribution >= 4 is 9.84 Å². The predicted octanol–water partition coefficient (Wildman–Crippen LogP) is 1.45. The first kappa shape index (κ1) is 11.4. The average molecular weight is 241 g/mol. The third kappa shape index (κ3) is 2.54. The molecular weight excluding hydrogens is 226 g/mol. The van der Waals surface area contributed by atoms with Crippen molar-refractivity contribution < 1.29 is 13.3 Å². The maximum absolute atomic E-state index is 11.5. The van der Waals surface area contributed by atoms with Crippen LogP contribution >= 0.6 is 0 Å². The van der Waals surface area contributed by atoms with Gasteiger partial charge in [-0.25, -0.2) is 8.42 Å². The first-order valence-corrected chi connectivity index (χ1v) is 7.21. The molecule has 1 unspecified atom stereocenters. The van der Waals surface area contributed by atoms with Crippen LogP contribution in [0.3, 0.4) is 0 Å². The van der Waals surface area contributed by atoms with Gasteiger partial charge in [0.15, 0.2) is 9.84 Å². The van der Waals surface area contributed by atoms with Crippen LogP contribution in [0.15, 0.2) is 30.3 Å². The van der Waals surface area contributed by atoms with Gasteiger partial charge in [-0.15, -0.1) is 5.06 Å². The Morgan fingerprint density at radius 2 is 2.00 bits per heavy atom. The molecule has 0 aromatic heterocycles. The molecule has 5 heteroatoms. The summed E-state index contributed by atoms with van der Waals surface area (Å²) in [6, 6.07) is 9.25. The minimum atomic E-state index is -3.07. The Hall–Kier alpha value is -1.07. The van der Waals surface area contributed by atoms with Crippen LogP contribution in [0.4, 0.5) is 0 Å². The second-order valence-corrected chi connectivity index (χ2v) is 6.17. The summed E-state index contributed by atoms with van der Waals surface area (Å²) in [5, 5.41) is 1.05. The highest BCUT2D eigenvalue weighted by Crippen LogP contribution is 2.23. The lowest BCUT2D eigenvalue weighted by Crippen LogP contribution is -2.37. The van der Waals surface area contributed by atoms with Gasteiger partial charge < -0.3 is 4.84 Å². The molecule has 0 saturated carbocycles. The SMILES string of the molecule is CS(=O)(=O)C1CCCN1Oc1ccccc1. The molecular formula is C11H15NO3S. The number of hydroxylamine groups is 2. The first-order valence-electron chi connectivity index (χ1n) is 5.26. The van der Waals surface area contributed by atoms with Crippen LogP contribution in [0.1, 0.15) is 12.8 Å². The third-order valence-corrected chi connectivity index (χ3v) is 4.07. The van der Waals surface area contributed by atoms with Crippen LogP contribution in [-0.2, 0) is 9.84 Å². The number of nitrogens with zero attached hydrogens (tertiary/aromatic N) is 1. The Balaban J connectivity index is 2.11. The monoisotopic (exact) mass is 241 g/mol. The van der Waals surface area contributed by atoms with Crippen molar-refractivity contribution in [3.63, 3.8) is 0 Å². The van der Waals surface area contributed by atoms with Crippen molar-refractivity contribution in [3.8, 4) is 5.75 Å². The van der Waals surface area contributed by atoms with Gasteiger partial charge in [-0.2, -0.15) is 0 Å². The molecule has 1 heterocycles. The van der Waals surface area contributed by atoms with Crippen LogP contribution in [0.5, 0.6) is 5.75 Å². The molecule has 1 atom stereocenters. The lowest BCUT2D eigenvalue weighted by molar-refractivity contribution is -0.0473. The molecule has 16 heavy (non-hydrogen) atoms. The molecule has 0 amide bonds. The van der Waals surface area contributed by atoms with E-state index in [1.54, 1.807) is 5.06 Å². The van der Waals surface area contributed by atoms with E-state index in [0.29, 0.717) is 18.7 Å². The molecule has 1 aromatic carbocycles. The standard InChI is InChI=1S/C11H15NO3S/c1-16(13,14)11-8-5-9-12(11)15-10-6-3-2-4-7-10/h2-4,6-7,11H,5,8-9H2,1H3. The highest BCUT2D eigenvalue weighted by molar-refractivity contribution is 7.91. The molecule has 1 aliphatic rings. The highest BCUT2D eigenvalue weighted by atomic mass is 32.2. The van der Waals surface area contributed by atoms with E-state index in [1.165, 1.54) is 6.26 Å². The highest BCUT2D eigenvalue weighted by Gasteiger charge is 2.34. The van der Waals surface area contributed by atoms with E-state index in [1.807, 2.05) is 30.3 Å². The van der Waals surface area contributed by atoms with Gasteiger partial charge in [0.25, 0.3) is 0 Å². The lowest BCUT2D eigenvalue weighted by Gasteiger charge is -2.22. The normalized spacial score (nSPS) is 22.2.